The number of hydrogen-bond donors (Lipinski definition) is 3. The van der Waals surface area contributed by atoms with Crippen molar-refractivity contribution in [3.8, 4) is 0 Å². The van der Waals surface area contributed by atoms with Crippen LogP contribution in [0.25, 0.3) is 0 Å². The molecule has 0 aromatic carbocycles. The van der Waals surface area contributed by atoms with Gasteiger partial charge in [0.05, 0.1) is 18.0 Å². The van der Waals surface area contributed by atoms with Crippen molar-refractivity contribution in [3.63, 3.8) is 0 Å². The van der Waals surface area contributed by atoms with E-state index in [1.165, 1.54) is 12.5 Å². The van der Waals surface area contributed by atoms with Crippen LogP contribution in [0.5, 0.6) is 0 Å². The molecule has 0 aliphatic rings. The second kappa shape index (κ2) is 6.55. The normalized spacial score (nSPS) is 10.2. The highest BCUT2D eigenvalue weighted by Crippen LogP contribution is 2.01. The van der Waals surface area contributed by atoms with Crippen molar-refractivity contribution in [2.24, 2.45) is 0 Å². The molecule has 0 atom stereocenters. The van der Waals surface area contributed by atoms with Gasteiger partial charge in [-0.15, -0.1) is 0 Å². The lowest BCUT2D eigenvalue weighted by molar-refractivity contribution is -0.121. The molecule has 0 aliphatic carbocycles. The number of aromatic nitrogens is 2. The third-order valence-electron chi connectivity index (χ3n) is 2.83. The highest BCUT2D eigenvalue weighted by atomic mass is 16.3. The maximum atomic E-state index is 11.6. The van der Waals surface area contributed by atoms with Crippen LogP contribution in [0.3, 0.4) is 0 Å². The summed E-state index contributed by atoms with van der Waals surface area (Å²) in [4.78, 5) is 23.2. The molecule has 2 amide bonds. The molecule has 0 aliphatic heterocycles. The molecular weight excluding hydrogens is 260 g/mol. The Balaban J connectivity index is 1.65. The fourth-order valence-electron chi connectivity index (χ4n) is 1.62. The summed E-state index contributed by atoms with van der Waals surface area (Å²) in [7, 11) is 0. The first-order chi connectivity index (χ1) is 9.66. The van der Waals surface area contributed by atoms with Crippen LogP contribution >= 0.6 is 0 Å². The van der Waals surface area contributed by atoms with Crippen molar-refractivity contribution in [1.29, 1.82) is 0 Å². The van der Waals surface area contributed by atoms with E-state index in [9.17, 15) is 9.59 Å². The largest absolute Gasteiger partial charge is 0.472 e. The van der Waals surface area contributed by atoms with E-state index in [0.717, 1.165) is 11.3 Å². The molecule has 20 heavy (non-hydrogen) atoms. The Labute approximate surface area is 115 Å². The minimum absolute atomic E-state index is 0.127. The highest BCUT2D eigenvalue weighted by Gasteiger charge is 2.08. The van der Waals surface area contributed by atoms with E-state index < -0.39 is 0 Å². The predicted octanol–water partition coefficient (Wildman–Crippen LogP) is 0.747. The number of nitrogens with zero attached hydrogens (tertiary/aromatic N) is 1. The van der Waals surface area contributed by atoms with Gasteiger partial charge in [0.25, 0.3) is 5.91 Å². The van der Waals surface area contributed by atoms with Crippen LogP contribution in [0.1, 0.15) is 28.0 Å². The first-order valence-electron chi connectivity index (χ1n) is 6.23. The van der Waals surface area contributed by atoms with Crippen LogP contribution in [0.2, 0.25) is 0 Å². The molecule has 3 N–H and O–H groups in total. The Morgan fingerprint density at radius 3 is 2.90 bits per heavy atom. The molecule has 7 heteroatoms. The van der Waals surface area contributed by atoms with E-state index in [0.29, 0.717) is 12.1 Å². The Kier molecular flexibility index (Phi) is 4.54. The maximum absolute atomic E-state index is 11.6. The van der Waals surface area contributed by atoms with Crippen LogP contribution in [0.15, 0.2) is 29.2 Å². The Bertz CT molecular complexity index is 574. The topological polar surface area (TPSA) is 100 Å². The van der Waals surface area contributed by atoms with Crippen LogP contribution in [0, 0.1) is 6.92 Å². The zero-order valence-corrected chi connectivity index (χ0v) is 11.1. The summed E-state index contributed by atoms with van der Waals surface area (Å²) in [5.41, 5.74) is 2.32. The first kappa shape index (κ1) is 13.9. The number of nitrogens with one attached hydrogen (secondary N) is 3. The average Bonchev–Trinajstić information content (AvgIpc) is 3.07. The van der Waals surface area contributed by atoms with Crippen molar-refractivity contribution in [2.45, 2.75) is 19.9 Å². The molecule has 2 aromatic heterocycles. The molecule has 0 fully saturated rings. The molecule has 0 unspecified atom stereocenters. The predicted molar refractivity (Wildman–Crippen MR) is 70.8 cm³/mol. The van der Waals surface area contributed by atoms with E-state index in [1.54, 1.807) is 12.3 Å². The van der Waals surface area contributed by atoms with E-state index in [1.807, 2.05) is 6.92 Å². The molecule has 0 spiro atoms. The number of carbonyl (C=O) groups is 2. The third-order valence-corrected chi connectivity index (χ3v) is 2.83. The fourth-order valence-corrected chi connectivity index (χ4v) is 1.62. The minimum atomic E-state index is -0.253. The molecule has 2 aromatic rings. The number of aryl methyl sites for hydroxylation is 1. The summed E-state index contributed by atoms with van der Waals surface area (Å²) in [6, 6.07) is 1.57. The van der Waals surface area contributed by atoms with Gasteiger partial charge in [-0.1, -0.05) is 0 Å². The van der Waals surface area contributed by atoms with Crippen LogP contribution in [0.4, 0.5) is 0 Å². The van der Waals surface area contributed by atoms with Crippen molar-refractivity contribution in [2.75, 3.05) is 6.54 Å². The van der Waals surface area contributed by atoms with Gasteiger partial charge in [0.2, 0.25) is 5.91 Å². The summed E-state index contributed by atoms with van der Waals surface area (Å²) >= 11 is 0. The van der Waals surface area contributed by atoms with Crippen molar-refractivity contribution >= 4 is 11.8 Å². The van der Waals surface area contributed by atoms with Crippen molar-refractivity contribution in [1.82, 2.24) is 20.8 Å². The number of furan rings is 1. The fraction of sp³-hybridized carbons (Fsp3) is 0.308. The molecule has 106 valence electrons. The second-order valence-corrected chi connectivity index (χ2v) is 4.31. The average molecular weight is 276 g/mol. The molecule has 0 radical (unpaired) electrons. The summed E-state index contributed by atoms with van der Waals surface area (Å²) in [6.07, 6.45) is 4.68. The van der Waals surface area contributed by atoms with Crippen LogP contribution in [-0.2, 0) is 11.3 Å². The molecule has 7 nitrogen and oxygen atoms in total. The van der Waals surface area contributed by atoms with Gasteiger partial charge in [-0.05, 0) is 13.0 Å². The van der Waals surface area contributed by atoms with Crippen molar-refractivity contribution in [3.05, 3.63) is 41.6 Å². The quantitative estimate of drug-likeness (QED) is 0.724. The number of H-pyrrole nitrogens is 1. The summed E-state index contributed by atoms with van der Waals surface area (Å²) < 4.78 is 4.81. The van der Waals surface area contributed by atoms with Gasteiger partial charge >= 0.3 is 0 Å². The molecule has 0 saturated carbocycles. The molecular formula is C13H16N4O3. The number of hydrogen-bond acceptors (Lipinski definition) is 4. The third kappa shape index (κ3) is 3.71. The smallest absolute Gasteiger partial charge is 0.254 e. The lowest BCUT2D eigenvalue weighted by Crippen LogP contribution is -2.30. The Morgan fingerprint density at radius 2 is 2.25 bits per heavy atom. The van der Waals surface area contributed by atoms with E-state index in [4.69, 9.17) is 4.42 Å². The molecule has 2 heterocycles. The first-order valence-corrected chi connectivity index (χ1v) is 6.23. The maximum Gasteiger partial charge on any atom is 0.254 e. The SMILES string of the molecule is Cc1[nH]ncc1CNC(=O)CCNC(=O)c1ccoc1. The van der Waals surface area contributed by atoms with E-state index in [2.05, 4.69) is 20.8 Å². The van der Waals surface area contributed by atoms with Crippen LogP contribution in [-0.4, -0.2) is 28.6 Å². The second-order valence-electron chi connectivity index (χ2n) is 4.31. The molecule has 0 saturated heterocycles. The number of carbonyl (C=O) groups excluding carboxylic acids is 2. The van der Waals surface area contributed by atoms with Crippen molar-refractivity contribution < 1.29 is 14.0 Å². The number of amides is 2. The standard InChI is InChI=1S/C13H16N4O3/c1-9-11(7-16-17-9)6-15-12(18)2-4-14-13(19)10-3-5-20-8-10/h3,5,7-8H,2,4,6H2,1H3,(H,14,19)(H,15,18)(H,16,17). The van der Waals surface area contributed by atoms with Crippen LogP contribution < -0.4 is 10.6 Å². The lowest BCUT2D eigenvalue weighted by Gasteiger charge is -2.05. The number of rotatable bonds is 6. The molecule has 0 bridgehead atoms. The summed E-state index contributed by atoms with van der Waals surface area (Å²) in [5, 5.41) is 12.1. The minimum Gasteiger partial charge on any atom is -0.472 e. The Hall–Kier alpha value is -2.57. The van der Waals surface area contributed by atoms with E-state index >= 15 is 0 Å². The van der Waals surface area contributed by atoms with Gasteiger partial charge < -0.3 is 15.1 Å². The Morgan fingerprint density at radius 1 is 1.40 bits per heavy atom. The van der Waals surface area contributed by atoms with Gasteiger partial charge in [-0.2, -0.15) is 5.10 Å². The van der Waals surface area contributed by atoms with Gasteiger partial charge in [-0.25, -0.2) is 0 Å². The van der Waals surface area contributed by atoms with Gasteiger partial charge in [0, 0.05) is 30.8 Å². The lowest BCUT2D eigenvalue weighted by atomic mass is 10.2. The number of aromatic amines is 1. The van der Waals surface area contributed by atoms with Gasteiger partial charge in [-0.3, -0.25) is 14.7 Å². The zero-order chi connectivity index (χ0) is 14.4. The van der Waals surface area contributed by atoms with E-state index in [-0.39, 0.29) is 24.8 Å². The summed E-state index contributed by atoms with van der Waals surface area (Å²) in [5.74, 6) is -0.379. The monoisotopic (exact) mass is 276 g/mol. The van der Waals surface area contributed by atoms with Gasteiger partial charge in [0.1, 0.15) is 6.26 Å². The van der Waals surface area contributed by atoms with Gasteiger partial charge in [0.15, 0.2) is 0 Å². The molecule has 2 rings (SSSR count). The highest BCUT2D eigenvalue weighted by molar-refractivity contribution is 5.93. The summed E-state index contributed by atoms with van der Waals surface area (Å²) in [6.45, 7) is 2.59. The zero-order valence-electron chi connectivity index (χ0n) is 11.1.